The minimum atomic E-state index is -4.45. The third-order valence-corrected chi connectivity index (χ3v) is 5.04. The van der Waals surface area contributed by atoms with Crippen molar-refractivity contribution in [1.82, 2.24) is 10.6 Å². The molecule has 142 valence electrons. The lowest BCUT2D eigenvalue weighted by Crippen LogP contribution is -2.39. The van der Waals surface area contributed by atoms with Gasteiger partial charge in [0.2, 0.25) is 5.91 Å². The van der Waals surface area contributed by atoms with E-state index in [2.05, 4.69) is 10.6 Å². The summed E-state index contributed by atoms with van der Waals surface area (Å²) in [6, 6.07) is 6.01. The van der Waals surface area contributed by atoms with Gasteiger partial charge >= 0.3 is 6.18 Å². The van der Waals surface area contributed by atoms with E-state index in [0.29, 0.717) is 17.6 Å². The Morgan fingerprint density at radius 1 is 1.12 bits per heavy atom. The zero-order chi connectivity index (χ0) is 18.7. The molecular weight excluding hydrogens is 347 g/mol. The number of rotatable bonds is 4. The SMILES string of the molecule is O=C(NCC(F)(F)F)c1ccc(NC(=O)C2CC3CCCCC3N2)cc1. The van der Waals surface area contributed by atoms with Crippen LogP contribution in [0.5, 0.6) is 0 Å². The summed E-state index contributed by atoms with van der Waals surface area (Å²) in [6.07, 6.45) is 1.05. The van der Waals surface area contributed by atoms with E-state index in [-0.39, 0.29) is 17.5 Å². The lowest BCUT2D eigenvalue weighted by atomic mass is 9.85. The molecule has 3 N–H and O–H groups in total. The molecule has 3 atom stereocenters. The van der Waals surface area contributed by atoms with E-state index in [0.717, 1.165) is 19.3 Å². The standard InChI is InChI=1S/C18H22F3N3O2/c19-18(20,21)10-22-16(25)11-5-7-13(8-6-11)23-17(26)15-9-12-3-1-2-4-14(12)24-15/h5-8,12,14-15,24H,1-4,9-10H2,(H,22,25)(H,23,26). The van der Waals surface area contributed by atoms with E-state index in [1.54, 1.807) is 0 Å². The zero-order valence-electron chi connectivity index (χ0n) is 14.2. The van der Waals surface area contributed by atoms with Crippen LogP contribution in [0, 0.1) is 5.92 Å². The zero-order valence-corrected chi connectivity index (χ0v) is 14.2. The van der Waals surface area contributed by atoms with Gasteiger partial charge in [-0.05, 0) is 49.4 Å². The molecule has 1 aromatic rings. The average Bonchev–Trinajstić information content (AvgIpc) is 3.04. The number of anilines is 1. The number of fused-ring (bicyclic) bond motifs is 1. The number of hydrogen-bond donors (Lipinski definition) is 3. The van der Waals surface area contributed by atoms with Gasteiger partial charge in [-0.1, -0.05) is 12.8 Å². The second-order valence-electron chi connectivity index (χ2n) is 6.97. The second-order valence-corrected chi connectivity index (χ2v) is 6.97. The summed E-state index contributed by atoms with van der Waals surface area (Å²) < 4.78 is 36.4. The van der Waals surface area contributed by atoms with Gasteiger partial charge in [0.1, 0.15) is 6.54 Å². The Bertz CT molecular complexity index is 647. The molecule has 0 aromatic heterocycles. The summed E-state index contributed by atoms with van der Waals surface area (Å²) in [7, 11) is 0. The maximum absolute atomic E-state index is 12.4. The van der Waals surface area contributed by atoms with Crippen LogP contribution in [-0.4, -0.2) is 36.6 Å². The van der Waals surface area contributed by atoms with Gasteiger partial charge in [-0.3, -0.25) is 9.59 Å². The Hall–Kier alpha value is -2.09. The first-order valence-electron chi connectivity index (χ1n) is 8.84. The molecule has 5 nitrogen and oxygen atoms in total. The number of carbonyl (C=O) groups excluding carboxylic acids is 2. The summed E-state index contributed by atoms with van der Waals surface area (Å²) in [5.41, 5.74) is 0.622. The van der Waals surface area contributed by atoms with Crippen LogP contribution in [-0.2, 0) is 4.79 Å². The molecule has 0 spiro atoms. The lowest BCUT2D eigenvalue weighted by Gasteiger charge is -2.24. The Morgan fingerprint density at radius 2 is 1.81 bits per heavy atom. The summed E-state index contributed by atoms with van der Waals surface area (Å²) in [4.78, 5) is 24.1. The van der Waals surface area contributed by atoms with Crippen molar-refractivity contribution >= 4 is 17.5 Å². The molecule has 26 heavy (non-hydrogen) atoms. The highest BCUT2D eigenvalue weighted by Crippen LogP contribution is 2.33. The third kappa shape index (κ3) is 4.75. The quantitative estimate of drug-likeness (QED) is 0.764. The average molecular weight is 369 g/mol. The van der Waals surface area contributed by atoms with Gasteiger partial charge in [0.25, 0.3) is 5.91 Å². The minimum Gasteiger partial charge on any atom is -0.343 e. The van der Waals surface area contributed by atoms with Gasteiger partial charge in [0.05, 0.1) is 6.04 Å². The molecule has 3 rings (SSSR count). The highest BCUT2D eigenvalue weighted by molar-refractivity contribution is 5.97. The number of nitrogens with one attached hydrogen (secondary N) is 3. The van der Waals surface area contributed by atoms with Crippen molar-refractivity contribution in [2.45, 2.75) is 50.4 Å². The molecule has 3 unspecified atom stereocenters. The molecule has 1 saturated carbocycles. The summed E-state index contributed by atoms with van der Waals surface area (Å²) >= 11 is 0. The van der Waals surface area contributed by atoms with Gasteiger partial charge in [0, 0.05) is 17.3 Å². The van der Waals surface area contributed by atoms with E-state index >= 15 is 0 Å². The molecular formula is C18H22F3N3O2. The van der Waals surface area contributed by atoms with Crippen molar-refractivity contribution in [2.24, 2.45) is 5.92 Å². The summed E-state index contributed by atoms with van der Waals surface area (Å²) in [5.74, 6) is -0.366. The normalized spacial score (nSPS) is 25.4. The van der Waals surface area contributed by atoms with Gasteiger partial charge in [0.15, 0.2) is 0 Å². The third-order valence-electron chi connectivity index (χ3n) is 5.04. The van der Waals surface area contributed by atoms with E-state index in [4.69, 9.17) is 0 Å². The number of carbonyl (C=O) groups is 2. The van der Waals surface area contributed by atoms with E-state index < -0.39 is 18.6 Å². The van der Waals surface area contributed by atoms with Crippen molar-refractivity contribution in [2.75, 3.05) is 11.9 Å². The molecule has 1 aliphatic carbocycles. The lowest BCUT2D eigenvalue weighted by molar-refractivity contribution is -0.123. The molecule has 1 aromatic carbocycles. The molecule has 2 aliphatic rings. The van der Waals surface area contributed by atoms with Crippen LogP contribution in [0.1, 0.15) is 42.5 Å². The number of hydrogen-bond acceptors (Lipinski definition) is 3. The smallest absolute Gasteiger partial charge is 0.343 e. The van der Waals surface area contributed by atoms with Gasteiger partial charge in [-0.25, -0.2) is 0 Å². The first-order valence-corrected chi connectivity index (χ1v) is 8.84. The van der Waals surface area contributed by atoms with Crippen molar-refractivity contribution in [3.8, 4) is 0 Å². The number of halogens is 3. The Balaban J connectivity index is 1.52. The molecule has 1 heterocycles. The van der Waals surface area contributed by atoms with Gasteiger partial charge in [-0.15, -0.1) is 0 Å². The Labute approximate surface area is 149 Å². The van der Waals surface area contributed by atoms with Crippen LogP contribution in [0.3, 0.4) is 0 Å². The van der Waals surface area contributed by atoms with E-state index in [1.807, 2.05) is 5.32 Å². The van der Waals surface area contributed by atoms with Crippen molar-refractivity contribution in [3.05, 3.63) is 29.8 Å². The van der Waals surface area contributed by atoms with E-state index in [9.17, 15) is 22.8 Å². The maximum Gasteiger partial charge on any atom is 0.405 e. The van der Waals surface area contributed by atoms with Crippen LogP contribution in [0.2, 0.25) is 0 Å². The minimum absolute atomic E-state index is 0.109. The molecule has 0 radical (unpaired) electrons. The maximum atomic E-state index is 12.4. The van der Waals surface area contributed by atoms with Gasteiger partial charge < -0.3 is 16.0 Å². The first-order chi connectivity index (χ1) is 12.3. The van der Waals surface area contributed by atoms with Crippen LogP contribution in [0.15, 0.2) is 24.3 Å². The monoisotopic (exact) mass is 369 g/mol. The van der Waals surface area contributed by atoms with Gasteiger partial charge in [-0.2, -0.15) is 13.2 Å². The predicted octanol–water partition coefficient (Wildman–Crippen LogP) is 2.84. The predicted molar refractivity (Wildman–Crippen MR) is 90.7 cm³/mol. The van der Waals surface area contributed by atoms with Crippen LogP contribution >= 0.6 is 0 Å². The fourth-order valence-electron chi connectivity index (χ4n) is 3.74. The highest BCUT2D eigenvalue weighted by atomic mass is 19.4. The molecule has 1 aliphatic heterocycles. The largest absolute Gasteiger partial charge is 0.405 e. The highest BCUT2D eigenvalue weighted by Gasteiger charge is 2.38. The number of benzene rings is 1. The van der Waals surface area contributed by atoms with Crippen LogP contribution < -0.4 is 16.0 Å². The number of alkyl halides is 3. The summed E-state index contributed by atoms with van der Waals surface area (Å²) in [5, 5.41) is 8.00. The fourth-order valence-corrected chi connectivity index (χ4v) is 3.74. The molecule has 2 amide bonds. The van der Waals surface area contributed by atoms with Crippen LogP contribution in [0.25, 0.3) is 0 Å². The molecule has 0 bridgehead atoms. The van der Waals surface area contributed by atoms with Crippen molar-refractivity contribution in [1.29, 1.82) is 0 Å². The van der Waals surface area contributed by atoms with Crippen molar-refractivity contribution in [3.63, 3.8) is 0 Å². The molecule has 2 fully saturated rings. The fraction of sp³-hybridized carbons (Fsp3) is 0.556. The number of amides is 2. The van der Waals surface area contributed by atoms with Crippen LogP contribution in [0.4, 0.5) is 18.9 Å². The first kappa shape index (κ1) is 18.7. The van der Waals surface area contributed by atoms with E-state index in [1.165, 1.54) is 37.1 Å². The Kier molecular flexibility index (Phi) is 5.50. The second kappa shape index (κ2) is 7.65. The topological polar surface area (TPSA) is 70.2 Å². The van der Waals surface area contributed by atoms with Crippen molar-refractivity contribution < 1.29 is 22.8 Å². The molecule has 1 saturated heterocycles. The Morgan fingerprint density at radius 3 is 2.46 bits per heavy atom. The molecule has 8 heteroatoms. The summed E-state index contributed by atoms with van der Waals surface area (Å²) in [6.45, 7) is -1.37.